The smallest absolute Gasteiger partial charge is 0.240 e. The zero-order valence-corrected chi connectivity index (χ0v) is 8.46. The van der Waals surface area contributed by atoms with E-state index < -0.39 is 6.43 Å². The third-order valence-electron chi connectivity index (χ3n) is 1.36. The van der Waals surface area contributed by atoms with Gasteiger partial charge in [0.05, 0.1) is 5.69 Å². The van der Waals surface area contributed by atoms with Crippen LogP contribution in [0, 0.1) is 6.92 Å². The highest BCUT2D eigenvalue weighted by Crippen LogP contribution is 2.30. The number of hydrogen-bond donors (Lipinski definition) is 0. The van der Waals surface area contributed by atoms with Gasteiger partial charge in [-0.25, -0.2) is 13.8 Å². The highest BCUT2D eigenvalue weighted by atomic mass is 79.9. The van der Waals surface area contributed by atoms with E-state index >= 15 is 0 Å². The van der Waals surface area contributed by atoms with Gasteiger partial charge >= 0.3 is 0 Å². The Bertz CT molecular complexity index is 304. The SMILES string of the molecule is Cc1nc(Cl)cc(C(F)F)c1Br. The Hall–Kier alpha value is -0.220. The molecule has 1 nitrogen and oxygen atoms in total. The van der Waals surface area contributed by atoms with E-state index in [0.717, 1.165) is 6.07 Å². The molecular weight excluding hydrogens is 251 g/mol. The first-order valence-electron chi connectivity index (χ1n) is 3.13. The van der Waals surface area contributed by atoms with Gasteiger partial charge in [0.2, 0.25) is 0 Å². The Morgan fingerprint density at radius 3 is 2.67 bits per heavy atom. The number of hydrogen-bond acceptors (Lipinski definition) is 1. The molecule has 1 aromatic heterocycles. The number of nitrogens with zero attached hydrogens (tertiary/aromatic N) is 1. The summed E-state index contributed by atoms with van der Waals surface area (Å²) >= 11 is 8.51. The summed E-state index contributed by atoms with van der Waals surface area (Å²) in [6, 6.07) is 1.16. The monoisotopic (exact) mass is 255 g/mol. The lowest BCUT2D eigenvalue weighted by molar-refractivity contribution is 0.150. The summed E-state index contributed by atoms with van der Waals surface area (Å²) in [7, 11) is 0. The fourth-order valence-corrected chi connectivity index (χ4v) is 1.42. The third-order valence-corrected chi connectivity index (χ3v) is 2.58. The van der Waals surface area contributed by atoms with E-state index in [1.165, 1.54) is 0 Å². The van der Waals surface area contributed by atoms with Crippen LogP contribution in [0.4, 0.5) is 8.78 Å². The second kappa shape index (κ2) is 3.66. The Kier molecular flexibility index (Phi) is 3.01. The maximum atomic E-state index is 12.3. The zero-order valence-electron chi connectivity index (χ0n) is 6.11. The molecule has 0 aromatic carbocycles. The second-order valence-corrected chi connectivity index (χ2v) is 3.41. The van der Waals surface area contributed by atoms with Gasteiger partial charge in [-0.15, -0.1) is 0 Å². The second-order valence-electron chi connectivity index (χ2n) is 2.23. The molecule has 1 rings (SSSR count). The van der Waals surface area contributed by atoms with Gasteiger partial charge in [-0.2, -0.15) is 0 Å². The van der Waals surface area contributed by atoms with Crippen LogP contribution in [0.5, 0.6) is 0 Å². The zero-order chi connectivity index (χ0) is 9.30. The molecule has 0 aliphatic heterocycles. The molecule has 1 aromatic rings. The van der Waals surface area contributed by atoms with Crippen molar-refractivity contribution >= 4 is 27.5 Å². The molecule has 66 valence electrons. The third kappa shape index (κ3) is 1.93. The van der Waals surface area contributed by atoms with Crippen molar-refractivity contribution in [2.75, 3.05) is 0 Å². The molecular formula is C7H5BrClF2N. The van der Waals surface area contributed by atoms with Gasteiger partial charge in [0.15, 0.2) is 0 Å². The van der Waals surface area contributed by atoms with Gasteiger partial charge < -0.3 is 0 Å². The fourth-order valence-electron chi connectivity index (χ4n) is 0.801. The molecule has 0 bridgehead atoms. The lowest BCUT2D eigenvalue weighted by Gasteiger charge is -2.05. The highest BCUT2D eigenvalue weighted by molar-refractivity contribution is 9.10. The van der Waals surface area contributed by atoms with Gasteiger partial charge in [0.1, 0.15) is 5.15 Å². The Labute approximate surface area is 81.9 Å². The lowest BCUT2D eigenvalue weighted by Crippen LogP contribution is -1.92. The molecule has 0 saturated carbocycles. The lowest BCUT2D eigenvalue weighted by atomic mass is 10.2. The van der Waals surface area contributed by atoms with Crippen molar-refractivity contribution in [2.45, 2.75) is 13.3 Å². The Morgan fingerprint density at radius 2 is 2.17 bits per heavy atom. The molecule has 0 aliphatic carbocycles. The Morgan fingerprint density at radius 1 is 1.58 bits per heavy atom. The van der Waals surface area contributed by atoms with Crippen LogP contribution in [-0.2, 0) is 0 Å². The van der Waals surface area contributed by atoms with E-state index in [4.69, 9.17) is 11.6 Å². The summed E-state index contributed by atoms with van der Waals surface area (Å²) in [5, 5.41) is 0.0889. The number of aromatic nitrogens is 1. The fraction of sp³-hybridized carbons (Fsp3) is 0.286. The van der Waals surface area contributed by atoms with Crippen molar-refractivity contribution in [2.24, 2.45) is 0 Å². The minimum absolute atomic E-state index is 0.0889. The summed E-state index contributed by atoms with van der Waals surface area (Å²) in [6.45, 7) is 1.61. The van der Waals surface area contributed by atoms with Gasteiger partial charge in [0.25, 0.3) is 6.43 Å². The quantitative estimate of drug-likeness (QED) is 0.698. The molecule has 1 heterocycles. The predicted molar refractivity (Wildman–Crippen MR) is 46.6 cm³/mol. The number of pyridine rings is 1. The summed E-state index contributed by atoms with van der Waals surface area (Å²) in [6.07, 6.45) is -2.53. The highest BCUT2D eigenvalue weighted by Gasteiger charge is 2.14. The molecule has 0 fully saturated rings. The molecule has 12 heavy (non-hydrogen) atoms. The minimum Gasteiger partial charge on any atom is -0.240 e. The van der Waals surface area contributed by atoms with Crippen LogP contribution in [0.2, 0.25) is 5.15 Å². The average Bonchev–Trinajstić information content (AvgIpc) is 1.96. The van der Waals surface area contributed by atoms with Gasteiger partial charge in [-0.1, -0.05) is 11.6 Å². The molecule has 5 heteroatoms. The average molecular weight is 256 g/mol. The largest absolute Gasteiger partial charge is 0.265 e. The first-order chi connectivity index (χ1) is 5.52. The Balaban J connectivity index is 3.28. The van der Waals surface area contributed by atoms with Gasteiger partial charge in [-0.05, 0) is 28.9 Å². The van der Waals surface area contributed by atoms with E-state index in [2.05, 4.69) is 20.9 Å². The first kappa shape index (κ1) is 9.86. The van der Waals surface area contributed by atoms with Gasteiger partial charge in [-0.3, -0.25) is 0 Å². The number of aryl methyl sites for hydroxylation is 1. The van der Waals surface area contributed by atoms with Crippen molar-refractivity contribution in [3.05, 3.63) is 26.9 Å². The number of alkyl halides is 2. The molecule has 0 radical (unpaired) electrons. The summed E-state index contributed by atoms with van der Waals surface area (Å²) < 4.78 is 24.9. The van der Waals surface area contributed by atoms with Crippen LogP contribution in [0.15, 0.2) is 10.5 Å². The van der Waals surface area contributed by atoms with Crippen molar-refractivity contribution < 1.29 is 8.78 Å². The van der Waals surface area contributed by atoms with E-state index in [1.807, 2.05) is 0 Å². The van der Waals surface area contributed by atoms with Crippen LogP contribution in [0.1, 0.15) is 17.7 Å². The van der Waals surface area contributed by atoms with Crippen LogP contribution in [0.3, 0.4) is 0 Å². The number of halogens is 4. The normalized spacial score (nSPS) is 10.8. The molecule has 0 aliphatic rings. The molecule has 0 spiro atoms. The standard InChI is InChI=1S/C7H5BrClF2N/c1-3-6(8)4(7(10)11)2-5(9)12-3/h2,7H,1H3. The molecule has 0 saturated heterocycles. The first-order valence-corrected chi connectivity index (χ1v) is 4.30. The maximum Gasteiger partial charge on any atom is 0.265 e. The van der Waals surface area contributed by atoms with Crippen LogP contribution in [-0.4, -0.2) is 4.98 Å². The summed E-state index contributed by atoms with van der Waals surface area (Å²) in [4.78, 5) is 3.80. The number of rotatable bonds is 1. The van der Waals surface area contributed by atoms with E-state index in [1.54, 1.807) is 6.92 Å². The molecule has 0 atom stereocenters. The maximum absolute atomic E-state index is 12.3. The molecule has 0 unspecified atom stereocenters. The summed E-state index contributed by atoms with van der Waals surface area (Å²) in [5.41, 5.74) is 0.352. The van der Waals surface area contributed by atoms with Crippen LogP contribution in [0.25, 0.3) is 0 Å². The van der Waals surface area contributed by atoms with Crippen LogP contribution >= 0.6 is 27.5 Å². The van der Waals surface area contributed by atoms with Crippen molar-refractivity contribution in [1.82, 2.24) is 4.98 Å². The minimum atomic E-state index is -2.53. The van der Waals surface area contributed by atoms with E-state index in [-0.39, 0.29) is 10.7 Å². The van der Waals surface area contributed by atoms with E-state index in [9.17, 15) is 8.78 Å². The van der Waals surface area contributed by atoms with E-state index in [0.29, 0.717) is 10.2 Å². The van der Waals surface area contributed by atoms with Crippen molar-refractivity contribution in [1.29, 1.82) is 0 Å². The topological polar surface area (TPSA) is 12.9 Å². The summed E-state index contributed by atoms with van der Waals surface area (Å²) in [5.74, 6) is 0. The predicted octanol–water partition coefficient (Wildman–Crippen LogP) is 3.74. The van der Waals surface area contributed by atoms with Gasteiger partial charge in [0, 0.05) is 10.0 Å². The van der Waals surface area contributed by atoms with Crippen LogP contribution < -0.4 is 0 Å². The van der Waals surface area contributed by atoms with Crippen molar-refractivity contribution in [3.8, 4) is 0 Å². The van der Waals surface area contributed by atoms with Crippen molar-refractivity contribution in [3.63, 3.8) is 0 Å². The molecule has 0 N–H and O–H groups in total. The molecule has 0 amide bonds.